The van der Waals surface area contributed by atoms with Gasteiger partial charge in [0, 0.05) is 6.08 Å². The molecule has 6 nitrogen and oxygen atoms in total. The molecule has 0 aliphatic heterocycles. The van der Waals surface area contributed by atoms with Crippen molar-refractivity contribution in [3.63, 3.8) is 0 Å². The maximum atomic E-state index is 10.1. The third-order valence-electron chi connectivity index (χ3n) is 0.414. The minimum Gasteiger partial charge on any atom is -0.350 e. The molecular weight excluding hydrogens is 162 g/mol. The number of nitrogens with one attached hydrogen (secondary N) is 1. The van der Waals surface area contributed by atoms with Crippen molar-refractivity contribution in [3.8, 4) is 0 Å². The van der Waals surface area contributed by atoms with Crippen molar-refractivity contribution in [2.24, 2.45) is 0 Å². The fourth-order valence-electron chi connectivity index (χ4n) is 0.135. The molecular formula is C3H5NO5S. The predicted octanol–water partition coefficient (Wildman–Crippen LogP) is -0.977. The summed E-state index contributed by atoms with van der Waals surface area (Å²) in [4.78, 5) is 14.9. The Kier molecular flexibility index (Phi) is 3.00. The Bertz CT molecular complexity index is 229. The lowest BCUT2D eigenvalue weighted by atomic mass is 10.7. The van der Waals surface area contributed by atoms with Crippen molar-refractivity contribution in [3.05, 3.63) is 12.7 Å². The number of carbonyl (C=O) groups is 1. The van der Waals surface area contributed by atoms with Gasteiger partial charge >= 0.3 is 16.3 Å². The molecule has 0 aromatic carbocycles. The molecule has 10 heavy (non-hydrogen) atoms. The van der Waals surface area contributed by atoms with E-state index in [4.69, 9.17) is 4.55 Å². The third kappa shape index (κ3) is 5.22. The Labute approximate surface area is 57.3 Å². The molecule has 0 atom stereocenters. The summed E-state index contributed by atoms with van der Waals surface area (Å²) in [5.41, 5.74) is 0. The highest BCUT2D eigenvalue weighted by atomic mass is 32.2. The van der Waals surface area contributed by atoms with E-state index >= 15 is 0 Å². The van der Waals surface area contributed by atoms with Gasteiger partial charge in [0.15, 0.2) is 0 Å². The first-order valence-electron chi connectivity index (χ1n) is 2.03. The van der Waals surface area contributed by atoms with Crippen LogP contribution in [0.25, 0.3) is 0 Å². The van der Waals surface area contributed by atoms with E-state index < -0.39 is 16.3 Å². The molecule has 58 valence electrons. The molecule has 0 unspecified atom stereocenters. The molecule has 0 radical (unpaired) electrons. The highest BCUT2D eigenvalue weighted by Gasteiger charge is 2.04. The molecule has 0 fully saturated rings. The zero-order valence-electron chi connectivity index (χ0n) is 4.77. The lowest BCUT2D eigenvalue weighted by Crippen LogP contribution is -2.25. The normalized spacial score (nSPS) is 10.5. The zero-order chi connectivity index (χ0) is 8.20. The highest BCUT2D eigenvalue weighted by molar-refractivity contribution is 7.83. The van der Waals surface area contributed by atoms with E-state index in [0.29, 0.717) is 0 Å². The highest BCUT2D eigenvalue weighted by Crippen LogP contribution is 1.76. The van der Waals surface area contributed by atoms with Crippen LogP contribution in [-0.2, 0) is 19.9 Å². The van der Waals surface area contributed by atoms with Crippen molar-refractivity contribution in [1.29, 1.82) is 0 Å². The molecule has 0 heterocycles. The summed E-state index contributed by atoms with van der Waals surface area (Å²) in [5.74, 6) is -1.00. The van der Waals surface area contributed by atoms with E-state index in [-0.39, 0.29) is 0 Å². The summed E-state index contributed by atoms with van der Waals surface area (Å²) in [7, 11) is -4.47. The molecule has 0 aliphatic carbocycles. The maximum absolute atomic E-state index is 10.1. The van der Waals surface area contributed by atoms with Gasteiger partial charge in [-0.15, -0.1) is 0 Å². The number of hydrogen-bond donors (Lipinski definition) is 2. The summed E-state index contributed by atoms with van der Waals surface area (Å²) in [6.07, 6.45) is 0.734. The molecule has 0 aromatic rings. The minimum absolute atomic E-state index is 0.734. The first kappa shape index (κ1) is 9.08. The van der Waals surface area contributed by atoms with Crippen LogP contribution in [0.2, 0.25) is 0 Å². The van der Waals surface area contributed by atoms with Gasteiger partial charge < -0.3 is 4.84 Å². The topological polar surface area (TPSA) is 92.7 Å². The molecule has 0 bridgehead atoms. The Hall–Kier alpha value is -0.920. The molecule has 0 aromatic heterocycles. The molecule has 0 spiro atoms. The van der Waals surface area contributed by atoms with Crippen LogP contribution in [0.5, 0.6) is 0 Å². The van der Waals surface area contributed by atoms with Crippen LogP contribution in [0.3, 0.4) is 0 Å². The van der Waals surface area contributed by atoms with Crippen molar-refractivity contribution < 1.29 is 22.6 Å². The van der Waals surface area contributed by atoms with Gasteiger partial charge in [0.25, 0.3) is 0 Å². The Morgan fingerprint density at radius 3 is 2.50 bits per heavy atom. The molecule has 0 saturated carbocycles. The van der Waals surface area contributed by atoms with Gasteiger partial charge in [0.1, 0.15) is 0 Å². The predicted molar refractivity (Wildman–Crippen MR) is 31.0 cm³/mol. The summed E-state index contributed by atoms with van der Waals surface area (Å²) >= 11 is 0. The van der Waals surface area contributed by atoms with Gasteiger partial charge in [0.05, 0.1) is 0 Å². The largest absolute Gasteiger partial charge is 0.365 e. The van der Waals surface area contributed by atoms with Crippen LogP contribution in [0.15, 0.2) is 12.7 Å². The van der Waals surface area contributed by atoms with E-state index in [2.05, 4.69) is 11.4 Å². The van der Waals surface area contributed by atoms with Gasteiger partial charge in [-0.3, -0.25) is 4.55 Å². The van der Waals surface area contributed by atoms with Crippen LogP contribution in [0, 0.1) is 0 Å². The van der Waals surface area contributed by atoms with E-state index in [9.17, 15) is 13.2 Å². The van der Waals surface area contributed by atoms with Gasteiger partial charge in [-0.2, -0.15) is 8.42 Å². The second-order valence-corrected chi connectivity index (χ2v) is 2.30. The molecule has 0 rings (SSSR count). The standard InChI is InChI=1S/C3H5NO5S/c1-2-3(5)9-4-10(6,7)8/h2,4H,1H2,(H,6,7,8). The molecule has 0 amide bonds. The Balaban J connectivity index is 3.78. The van der Waals surface area contributed by atoms with Crippen LogP contribution < -0.4 is 4.89 Å². The van der Waals surface area contributed by atoms with Crippen molar-refractivity contribution in [1.82, 2.24) is 4.89 Å². The number of hydrogen-bond acceptors (Lipinski definition) is 4. The SMILES string of the molecule is C=CC(=O)ONS(=O)(=O)O. The second kappa shape index (κ2) is 3.30. The van der Waals surface area contributed by atoms with Gasteiger partial charge in [-0.05, 0) is 4.89 Å². The fraction of sp³-hybridized carbons (Fsp3) is 0. The van der Waals surface area contributed by atoms with Crippen LogP contribution in [0.1, 0.15) is 0 Å². The molecule has 2 N–H and O–H groups in total. The Morgan fingerprint density at radius 2 is 2.20 bits per heavy atom. The molecule has 7 heteroatoms. The molecule has 0 saturated heterocycles. The second-order valence-electron chi connectivity index (χ2n) is 1.18. The number of rotatable bonds is 3. The average Bonchev–Trinajstić information content (AvgIpc) is 1.81. The van der Waals surface area contributed by atoms with Crippen LogP contribution in [0.4, 0.5) is 0 Å². The van der Waals surface area contributed by atoms with E-state index in [1.165, 1.54) is 0 Å². The van der Waals surface area contributed by atoms with Gasteiger partial charge in [-0.1, -0.05) is 6.58 Å². The summed E-state index contributed by atoms with van der Waals surface area (Å²) in [5, 5.41) is 0. The van der Waals surface area contributed by atoms with Crippen molar-refractivity contribution in [2.75, 3.05) is 0 Å². The fourth-order valence-corrected chi connectivity index (χ4v) is 0.323. The number of carbonyl (C=O) groups excluding carboxylic acids is 1. The van der Waals surface area contributed by atoms with Crippen molar-refractivity contribution >= 4 is 16.3 Å². The smallest absolute Gasteiger partial charge is 0.350 e. The van der Waals surface area contributed by atoms with E-state index in [0.717, 1.165) is 11.0 Å². The monoisotopic (exact) mass is 167 g/mol. The minimum atomic E-state index is -4.47. The van der Waals surface area contributed by atoms with Crippen molar-refractivity contribution in [2.45, 2.75) is 0 Å². The zero-order valence-corrected chi connectivity index (χ0v) is 5.59. The van der Waals surface area contributed by atoms with Gasteiger partial charge in [-0.25, -0.2) is 4.79 Å². The lowest BCUT2D eigenvalue weighted by molar-refractivity contribution is -0.141. The summed E-state index contributed by atoms with van der Waals surface area (Å²) in [6, 6.07) is 0. The first-order chi connectivity index (χ1) is 4.45. The van der Waals surface area contributed by atoms with Gasteiger partial charge in [0.2, 0.25) is 0 Å². The Morgan fingerprint density at radius 1 is 1.70 bits per heavy atom. The van der Waals surface area contributed by atoms with Crippen LogP contribution in [-0.4, -0.2) is 18.9 Å². The van der Waals surface area contributed by atoms with E-state index in [1.807, 2.05) is 0 Å². The quantitative estimate of drug-likeness (QED) is 0.320. The third-order valence-corrected chi connectivity index (χ3v) is 0.708. The first-order valence-corrected chi connectivity index (χ1v) is 3.47. The van der Waals surface area contributed by atoms with E-state index in [1.54, 1.807) is 0 Å². The summed E-state index contributed by atoms with van der Waals surface area (Å²) in [6.45, 7) is 2.97. The maximum Gasteiger partial charge on any atom is 0.365 e. The lowest BCUT2D eigenvalue weighted by Gasteiger charge is -1.96. The van der Waals surface area contributed by atoms with Crippen LogP contribution >= 0.6 is 0 Å². The molecule has 0 aliphatic rings. The summed E-state index contributed by atoms with van der Waals surface area (Å²) < 4.78 is 27.5. The average molecular weight is 167 g/mol.